The summed E-state index contributed by atoms with van der Waals surface area (Å²) < 4.78 is 10.7. The molecular weight excluding hydrogens is 406 g/mol. The van der Waals surface area contributed by atoms with Crippen molar-refractivity contribution in [2.24, 2.45) is 0 Å². The molecule has 2 aromatic rings. The second-order valence-corrected chi connectivity index (χ2v) is 7.86. The van der Waals surface area contributed by atoms with Crippen molar-refractivity contribution >= 4 is 17.4 Å². The zero-order valence-electron chi connectivity index (χ0n) is 19.2. The highest BCUT2D eigenvalue weighted by molar-refractivity contribution is 6.46. The van der Waals surface area contributed by atoms with Crippen LogP contribution >= 0.6 is 0 Å². The zero-order valence-corrected chi connectivity index (χ0v) is 19.2. The minimum atomic E-state index is -0.679. The first-order chi connectivity index (χ1) is 15.5. The van der Waals surface area contributed by atoms with Crippen LogP contribution in [0.4, 0.5) is 0 Å². The van der Waals surface area contributed by atoms with Gasteiger partial charge in [0.15, 0.2) is 0 Å². The Bertz CT molecular complexity index is 1010. The van der Waals surface area contributed by atoms with E-state index in [1.165, 1.54) is 14.2 Å². The summed E-state index contributed by atoms with van der Waals surface area (Å²) in [7, 11) is 3.02. The lowest BCUT2D eigenvalue weighted by molar-refractivity contribution is -0.139. The SMILES string of the molecule is CCCCCN1C(=O)C(=O)/C(=C(\O)c2ccc(OC)cc2OC)C1c1ccc(CC)cc1. The number of hydrogen-bond donors (Lipinski definition) is 1. The average molecular weight is 438 g/mol. The molecule has 0 aromatic heterocycles. The highest BCUT2D eigenvalue weighted by atomic mass is 16.5. The first-order valence-corrected chi connectivity index (χ1v) is 11.1. The molecule has 32 heavy (non-hydrogen) atoms. The van der Waals surface area contributed by atoms with Crippen molar-refractivity contribution < 1.29 is 24.2 Å². The monoisotopic (exact) mass is 437 g/mol. The molecule has 1 heterocycles. The zero-order chi connectivity index (χ0) is 23.3. The van der Waals surface area contributed by atoms with Gasteiger partial charge in [-0.1, -0.05) is 51.0 Å². The van der Waals surface area contributed by atoms with E-state index in [4.69, 9.17) is 9.47 Å². The maximum atomic E-state index is 13.1. The van der Waals surface area contributed by atoms with Gasteiger partial charge in [0.2, 0.25) is 0 Å². The number of aliphatic hydroxyl groups is 1. The number of methoxy groups -OCH3 is 2. The Morgan fingerprint density at radius 1 is 1.00 bits per heavy atom. The number of ether oxygens (including phenoxy) is 2. The van der Waals surface area contributed by atoms with E-state index in [-0.39, 0.29) is 11.3 Å². The topological polar surface area (TPSA) is 76.1 Å². The average Bonchev–Trinajstić information content (AvgIpc) is 3.08. The molecule has 0 radical (unpaired) electrons. The first-order valence-electron chi connectivity index (χ1n) is 11.1. The van der Waals surface area contributed by atoms with Crippen LogP contribution in [0, 0.1) is 0 Å². The first kappa shape index (κ1) is 23.4. The van der Waals surface area contributed by atoms with E-state index >= 15 is 0 Å². The van der Waals surface area contributed by atoms with E-state index in [0.29, 0.717) is 23.6 Å². The summed E-state index contributed by atoms with van der Waals surface area (Å²) in [6, 6.07) is 12.2. The lowest BCUT2D eigenvalue weighted by Gasteiger charge is -2.25. The van der Waals surface area contributed by atoms with Crippen molar-refractivity contribution in [2.45, 2.75) is 45.6 Å². The van der Waals surface area contributed by atoms with Crippen molar-refractivity contribution in [1.82, 2.24) is 4.90 Å². The molecule has 1 aliphatic heterocycles. The molecule has 1 atom stereocenters. The van der Waals surface area contributed by atoms with Gasteiger partial charge in [0.25, 0.3) is 11.7 Å². The van der Waals surface area contributed by atoms with Gasteiger partial charge >= 0.3 is 0 Å². The Morgan fingerprint density at radius 2 is 1.72 bits per heavy atom. The molecule has 2 aromatic carbocycles. The normalized spacial score (nSPS) is 17.6. The quantitative estimate of drug-likeness (QED) is 0.262. The maximum Gasteiger partial charge on any atom is 0.295 e. The van der Waals surface area contributed by atoms with Crippen LogP contribution < -0.4 is 9.47 Å². The van der Waals surface area contributed by atoms with Crippen LogP contribution in [-0.2, 0) is 16.0 Å². The molecule has 1 fully saturated rings. The number of benzene rings is 2. The number of carbonyl (C=O) groups is 2. The molecule has 3 rings (SSSR count). The van der Waals surface area contributed by atoms with Gasteiger partial charge < -0.3 is 19.5 Å². The fourth-order valence-electron chi connectivity index (χ4n) is 4.06. The molecule has 0 spiro atoms. The molecular formula is C26H31NO5. The molecule has 1 amide bonds. The Balaban J connectivity index is 2.15. The van der Waals surface area contributed by atoms with Crippen LogP contribution in [0.1, 0.15) is 55.8 Å². The van der Waals surface area contributed by atoms with Gasteiger partial charge in [-0.2, -0.15) is 0 Å². The third-order valence-corrected chi connectivity index (χ3v) is 5.91. The number of aryl methyl sites for hydroxylation is 1. The van der Waals surface area contributed by atoms with Crippen molar-refractivity contribution in [2.75, 3.05) is 20.8 Å². The summed E-state index contributed by atoms with van der Waals surface area (Å²) in [4.78, 5) is 27.7. The molecule has 6 nitrogen and oxygen atoms in total. The second kappa shape index (κ2) is 10.4. The minimum Gasteiger partial charge on any atom is -0.507 e. The van der Waals surface area contributed by atoms with Crippen LogP contribution in [0.2, 0.25) is 0 Å². The number of carbonyl (C=O) groups excluding carboxylic acids is 2. The molecule has 1 unspecified atom stereocenters. The lowest BCUT2D eigenvalue weighted by Crippen LogP contribution is -2.30. The fraction of sp³-hybridized carbons (Fsp3) is 0.385. The third-order valence-electron chi connectivity index (χ3n) is 5.91. The van der Waals surface area contributed by atoms with Crippen LogP contribution in [0.25, 0.3) is 5.76 Å². The number of nitrogens with zero attached hydrogens (tertiary/aromatic N) is 1. The summed E-state index contributed by atoms with van der Waals surface area (Å²) in [5, 5.41) is 11.3. The van der Waals surface area contributed by atoms with Gasteiger partial charge in [-0.05, 0) is 36.1 Å². The summed E-state index contributed by atoms with van der Waals surface area (Å²) in [6.45, 7) is 4.61. The van der Waals surface area contributed by atoms with Crippen molar-refractivity contribution in [3.63, 3.8) is 0 Å². The van der Waals surface area contributed by atoms with Gasteiger partial charge in [0.1, 0.15) is 17.3 Å². The summed E-state index contributed by atoms with van der Waals surface area (Å²) in [5.74, 6) is -0.587. The standard InChI is InChI=1S/C26H31NO5/c1-5-7-8-15-27-23(18-11-9-17(6-2)10-12-18)22(25(29)26(27)30)24(28)20-14-13-19(31-3)16-21(20)32-4/h9-14,16,23,28H,5-8,15H2,1-4H3/b24-22-. The number of Topliss-reactive ketones (excluding diaryl/α,β-unsaturated/α-hetero) is 1. The van der Waals surface area contributed by atoms with E-state index in [1.54, 1.807) is 23.1 Å². The van der Waals surface area contributed by atoms with Gasteiger partial charge in [-0.3, -0.25) is 9.59 Å². The van der Waals surface area contributed by atoms with Crippen LogP contribution in [0.3, 0.4) is 0 Å². The number of unbranched alkanes of at least 4 members (excludes halogenated alkanes) is 2. The third kappa shape index (κ3) is 4.49. The van der Waals surface area contributed by atoms with Crippen molar-refractivity contribution in [1.29, 1.82) is 0 Å². The number of rotatable bonds is 9. The van der Waals surface area contributed by atoms with Crippen LogP contribution in [-0.4, -0.2) is 42.5 Å². The summed E-state index contributed by atoms with van der Waals surface area (Å²) >= 11 is 0. The van der Waals surface area contributed by atoms with Gasteiger partial charge in [-0.25, -0.2) is 0 Å². The van der Waals surface area contributed by atoms with Crippen LogP contribution in [0.5, 0.6) is 11.5 Å². The fourth-order valence-corrected chi connectivity index (χ4v) is 4.06. The van der Waals surface area contributed by atoms with E-state index in [9.17, 15) is 14.7 Å². The number of aliphatic hydroxyl groups excluding tert-OH is 1. The molecule has 1 aliphatic rings. The Hall–Kier alpha value is -3.28. The largest absolute Gasteiger partial charge is 0.507 e. The Labute approximate surface area is 189 Å². The predicted octanol–water partition coefficient (Wildman–Crippen LogP) is 4.88. The molecule has 0 aliphatic carbocycles. The van der Waals surface area contributed by atoms with Gasteiger partial charge in [0.05, 0.1) is 31.4 Å². The molecule has 6 heteroatoms. The predicted molar refractivity (Wildman–Crippen MR) is 124 cm³/mol. The summed E-state index contributed by atoms with van der Waals surface area (Å²) in [6.07, 6.45) is 3.64. The number of amides is 1. The maximum absolute atomic E-state index is 13.1. The highest BCUT2D eigenvalue weighted by Crippen LogP contribution is 2.41. The highest BCUT2D eigenvalue weighted by Gasteiger charge is 2.46. The van der Waals surface area contributed by atoms with E-state index in [2.05, 4.69) is 13.8 Å². The molecule has 0 saturated carbocycles. The van der Waals surface area contributed by atoms with Crippen LogP contribution in [0.15, 0.2) is 48.0 Å². The lowest BCUT2D eigenvalue weighted by atomic mass is 9.94. The Morgan fingerprint density at radius 3 is 2.31 bits per heavy atom. The Kier molecular flexibility index (Phi) is 7.57. The van der Waals surface area contributed by atoms with Gasteiger partial charge in [-0.15, -0.1) is 0 Å². The van der Waals surface area contributed by atoms with E-state index < -0.39 is 17.7 Å². The van der Waals surface area contributed by atoms with Gasteiger partial charge in [0, 0.05) is 12.6 Å². The summed E-state index contributed by atoms with van der Waals surface area (Å²) in [5.41, 5.74) is 2.38. The van der Waals surface area contributed by atoms with Crippen molar-refractivity contribution in [3.8, 4) is 11.5 Å². The van der Waals surface area contributed by atoms with Crippen molar-refractivity contribution in [3.05, 3.63) is 64.7 Å². The van der Waals surface area contributed by atoms with E-state index in [1.807, 2.05) is 24.3 Å². The smallest absolute Gasteiger partial charge is 0.295 e. The minimum absolute atomic E-state index is 0.0826. The number of hydrogen-bond acceptors (Lipinski definition) is 5. The molecule has 1 saturated heterocycles. The van der Waals surface area contributed by atoms with E-state index in [0.717, 1.165) is 36.8 Å². The molecule has 170 valence electrons. The second-order valence-electron chi connectivity index (χ2n) is 7.86. The number of likely N-dealkylation sites (tertiary alicyclic amines) is 1. The number of ketones is 1. The molecule has 0 bridgehead atoms. The molecule has 1 N–H and O–H groups in total.